The minimum atomic E-state index is 0.321. The fraction of sp³-hybridized carbons (Fsp3) is 0.250. The fourth-order valence-corrected chi connectivity index (χ4v) is 1.92. The lowest BCUT2D eigenvalue weighted by molar-refractivity contribution is 0.450. The summed E-state index contributed by atoms with van der Waals surface area (Å²) >= 11 is 5.18. The summed E-state index contributed by atoms with van der Waals surface area (Å²) in [5, 5.41) is 3.89. The third kappa shape index (κ3) is 1.88. The lowest BCUT2D eigenvalue weighted by Gasteiger charge is -2.33. The Morgan fingerprint density at radius 1 is 1.27 bits per heavy atom. The summed E-state index contributed by atoms with van der Waals surface area (Å²) in [5.74, 6) is 0. The number of likely N-dealkylation sites (N-methyl/N-ethyl adjacent to an activating group) is 1. The van der Waals surface area contributed by atoms with Crippen molar-refractivity contribution in [1.29, 1.82) is 0 Å². The number of thiocarbonyl (C=S) groups is 1. The zero-order valence-electron chi connectivity index (χ0n) is 8.90. The highest BCUT2D eigenvalue weighted by Crippen LogP contribution is 2.23. The van der Waals surface area contributed by atoms with Gasteiger partial charge in [-0.3, -0.25) is 0 Å². The molecule has 0 unspecified atom stereocenters. The summed E-state index contributed by atoms with van der Waals surface area (Å²) in [6.45, 7) is 2.16. The summed E-state index contributed by atoms with van der Waals surface area (Å²) in [5.41, 5.74) is 2.51. The van der Waals surface area contributed by atoms with Crippen LogP contribution in [0.1, 0.15) is 12.5 Å². The molecule has 1 heterocycles. The average Bonchev–Trinajstić information content (AvgIpc) is 2.27. The summed E-state index contributed by atoms with van der Waals surface area (Å²) < 4.78 is 0. The van der Waals surface area contributed by atoms with Crippen molar-refractivity contribution < 1.29 is 0 Å². The Bertz CT molecular complexity index is 397. The van der Waals surface area contributed by atoms with Gasteiger partial charge in [0.25, 0.3) is 0 Å². The average molecular weight is 218 g/mol. The molecule has 1 atom stereocenters. The fourth-order valence-electron chi connectivity index (χ4n) is 1.70. The minimum absolute atomic E-state index is 0.321. The summed E-state index contributed by atoms with van der Waals surface area (Å²) in [6.07, 6.45) is 2.00. The van der Waals surface area contributed by atoms with Gasteiger partial charge >= 0.3 is 0 Å². The molecule has 0 radical (unpaired) electrons. The minimum Gasteiger partial charge on any atom is -0.345 e. The number of hydrogen-bond acceptors (Lipinski definition) is 1. The Balaban J connectivity index is 2.35. The molecule has 0 spiro atoms. The van der Waals surface area contributed by atoms with Crippen molar-refractivity contribution in [2.45, 2.75) is 13.0 Å². The van der Waals surface area contributed by atoms with Gasteiger partial charge in [0.2, 0.25) is 0 Å². The van der Waals surface area contributed by atoms with Gasteiger partial charge in [-0.1, -0.05) is 30.3 Å². The van der Waals surface area contributed by atoms with Crippen LogP contribution in [0.4, 0.5) is 0 Å². The van der Waals surface area contributed by atoms with Crippen LogP contribution in [0.15, 0.2) is 36.5 Å². The predicted octanol–water partition coefficient (Wildman–Crippen LogP) is 2.24. The van der Waals surface area contributed by atoms with Crippen molar-refractivity contribution in [3.8, 4) is 0 Å². The van der Waals surface area contributed by atoms with Crippen molar-refractivity contribution in [2.75, 3.05) is 7.05 Å². The van der Waals surface area contributed by atoms with Gasteiger partial charge in [-0.05, 0) is 30.3 Å². The van der Waals surface area contributed by atoms with Crippen LogP contribution in [0.25, 0.3) is 5.57 Å². The molecule has 1 aromatic carbocycles. The molecule has 78 valence electrons. The summed E-state index contributed by atoms with van der Waals surface area (Å²) in [6, 6.07) is 10.7. The Morgan fingerprint density at radius 3 is 2.60 bits per heavy atom. The number of benzene rings is 1. The summed E-state index contributed by atoms with van der Waals surface area (Å²) in [4.78, 5) is 2.07. The van der Waals surface area contributed by atoms with Crippen molar-refractivity contribution >= 4 is 22.9 Å². The van der Waals surface area contributed by atoms with Gasteiger partial charge in [0, 0.05) is 13.2 Å². The molecule has 0 aliphatic carbocycles. The van der Waals surface area contributed by atoms with Crippen LogP contribution < -0.4 is 5.32 Å². The van der Waals surface area contributed by atoms with E-state index >= 15 is 0 Å². The topological polar surface area (TPSA) is 15.3 Å². The number of rotatable bonds is 1. The molecule has 0 bridgehead atoms. The molecular formula is C12H14N2S. The van der Waals surface area contributed by atoms with E-state index in [1.165, 1.54) is 11.1 Å². The lowest BCUT2D eigenvalue weighted by atomic mass is 9.99. The van der Waals surface area contributed by atoms with E-state index in [-0.39, 0.29) is 0 Å². The van der Waals surface area contributed by atoms with Gasteiger partial charge in [-0.25, -0.2) is 0 Å². The van der Waals surface area contributed by atoms with E-state index in [1.807, 2.05) is 19.3 Å². The first-order chi connectivity index (χ1) is 7.20. The quantitative estimate of drug-likeness (QED) is 0.728. The third-order valence-corrected chi connectivity index (χ3v) is 3.22. The van der Waals surface area contributed by atoms with Crippen molar-refractivity contribution in [3.63, 3.8) is 0 Å². The van der Waals surface area contributed by atoms with Gasteiger partial charge < -0.3 is 10.2 Å². The second-order valence-electron chi connectivity index (χ2n) is 3.70. The first-order valence-corrected chi connectivity index (χ1v) is 5.40. The van der Waals surface area contributed by atoms with Gasteiger partial charge in [0.05, 0.1) is 6.04 Å². The van der Waals surface area contributed by atoms with Gasteiger partial charge in [-0.15, -0.1) is 0 Å². The van der Waals surface area contributed by atoms with Crippen LogP contribution in [0.3, 0.4) is 0 Å². The van der Waals surface area contributed by atoms with Gasteiger partial charge in [-0.2, -0.15) is 0 Å². The molecule has 3 heteroatoms. The van der Waals surface area contributed by atoms with E-state index in [0.29, 0.717) is 6.04 Å². The maximum absolute atomic E-state index is 5.18. The Morgan fingerprint density at radius 2 is 1.93 bits per heavy atom. The van der Waals surface area contributed by atoms with Crippen LogP contribution in [-0.4, -0.2) is 23.1 Å². The molecular weight excluding hydrogens is 204 g/mol. The molecule has 0 fully saturated rings. The third-order valence-electron chi connectivity index (χ3n) is 2.81. The standard InChI is InChI=1S/C12H14N2S/c1-9-11(8-13-12(15)14(9)2)10-6-4-3-5-7-10/h3-9H,1-2H3,(H,13,15)/t9-/m0/s1. The largest absolute Gasteiger partial charge is 0.345 e. The maximum atomic E-state index is 5.18. The molecule has 15 heavy (non-hydrogen) atoms. The number of nitrogens with one attached hydrogen (secondary N) is 1. The lowest BCUT2D eigenvalue weighted by Crippen LogP contribution is -2.44. The van der Waals surface area contributed by atoms with E-state index in [2.05, 4.69) is 41.4 Å². The Kier molecular flexibility index (Phi) is 2.73. The highest BCUT2D eigenvalue weighted by Gasteiger charge is 2.21. The van der Waals surface area contributed by atoms with E-state index in [1.54, 1.807) is 0 Å². The second-order valence-corrected chi connectivity index (χ2v) is 4.09. The molecule has 0 saturated carbocycles. The zero-order chi connectivity index (χ0) is 10.8. The molecule has 1 N–H and O–H groups in total. The molecule has 1 aliphatic rings. The highest BCUT2D eigenvalue weighted by atomic mass is 32.1. The van der Waals surface area contributed by atoms with Crippen LogP contribution in [0.2, 0.25) is 0 Å². The molecule has 0 saturated heterocycles. The molecule has 0 aromatic heterocycles. The van der Waals surface area contributed by atoms with E-state index in [4.69, 9.17) is 12.2 Å². The molecule has 2 nitrogen and oxygen atoms in total. The first-order valence-electron chi connectivity index (χ1n) is 4.99. The zero-order valence-corrected chi connectivity index (χ0v) is 9.71. The van der Waals surface area contributed by atoms with Crippen LogP contribution >= 0.6 is 12.2 Å². The van der Waals surface area contributed by atoms with Gasteiger partial charge in [0.1, 0.15) is 0 Å². The van der Waals surface area contributed by atoms with Gasteiger partial charge in [0.15, 0.2) is 5.11 Å². The van der Waals surface area contributed by atoms with E-state index in [9.17, 15) is 0 Å². The Labute approximate surface area is 95.6 Å². The van der Waals surface area contributed by atoms with Crippen LogP contribution in [-0.2, 0) is 0 Å². The Hall–Kier alpha value is -1.35. The van der Waals surface area contributed by atoms with E-state index in [0.717, 1.165) is 5.11 Å². The molecule has 2 rings (SSSR count). The van der Waals surface area contributed by atoms with Crippen molar-refractivity contribution in [3.05, 3.63) is 42.1 Å². The SMILES string of the molecule is C[C@H]1C(c2ccccc2)=CNC(=S)N1C. The molecule has 1 aliphatic heterocycles. The first kappa shape index (κ1) is 10.2. The van der Waals surface area contributed by atoms with Crippen LogP contribution in [0, 0.1) is 0 Å². The molecule has 1 aromatic rings. The summed E-state index contributed by atoms with van der Waals surface area (Å²) in [7, 11) is 2.01. The monoisotopic (exact) mass is 218 g/mol. The van der Waals surface area contributed by atoms with Crippen molar-refractivity contribution in [1.82, 2.24) is 10.2 Å². The number of hydrogen-bond donors (Lipinski definition) is 1. The van der Waals surface area contributed by atoms with Crippen LogP contribution in [0.5, 0.6) is 0 Å². The predicted molar refractivity (Wildman–Crippen MR) is 67.4 cm³/mol. The molecule has 0 amide bonds. The highest BCUT2D eigenvalue weighted by molar-refractivity contribution is 7.80. The maximum Gasteiger partial charge on any atom is 0.173 e. The second kappa shape index (κ2) is 4.03. The van der Waals surface area contributed by atoms with E-state index < -0.39 is 0 Å². The van der Waals surface area contributed by atoms with Crippen molar-refractivity contribution in [2.24, 2.45) is 0 Å². The normalized spacial score (nSPS) is 20.9. The smallest absolute Gasteiger partial charge is 0.173 e. The number of nitrogens with zero attached hydrogens (tertiary/aromatic N) is 1.